The lowest BCUT2D eigenvalue weighted by Crippen LogP contribution is -2.14. The van der Waals surface area contributed by atoms with Crippen molar-refractivity contribution in [1.29, 1.82) is 0 Å². The van der Waals surface area contributed by atoms with Crippen LogP contribution < -0.4 is 20.1 Å². The highest BCUT2D eigenvalue weighted by atomic mass is 35.5. The van der Waals surface area contributed by atoms with Crippen LogP contribution in [0.4, 0.5) is 17.2 Å². The molecule has 3 aromatic rings. The summed E-state index contributed by atoms with van der Waals surface area (Å²) in [5, 5.41) is 14.4. The smallest absolute Gasteiger partial charge is 0.276 e. The van der Waals surface area contributed by atoms with Gasteiger partial charge in [-0.3, -0.25) is 4.79 Å². The molecule has 0 fully saturated rings. The predicted molar refractivity (Wildman–Crippen MR) is 104 cm³/mol. The van der Waals surface area contributed by atoms with Gasteiger partial charge >= 0.3 is 0 Å². The van der Waals surface area contributed by atoms with E-state index in [0.717, 1.165) is 0 Å². The quantitative estimate of drug-likeness (QED) is 0.664. The van der Waals surface area contributed by atoms with Crippen LogP contribution in [-0.4, -0.2) is 30.3 Å². The number of nitrogens with one attached hydrogen (secondary N) is 2. The molecule has 0 unspecified atom stereocenters. The van der Waals surface area contributed by atoms with Crippen molar-refractivity contribution >= 4 is 34.7 Å². The molecule has 2 N–H and O–H groups in total. The van der Waals surface area contributed by atoms with Gasteiger partial charge in [-0.15, -0.1) is 10.2 Å². The molecule has 3 rings (SSSR count). The zero-order valence-electron chi connectivity index (χ0n) is 14.7. The van der Waals surface area contributed by atoms with Crippen LogP contribution >= 0.6 is 11.6 Å². The highest BCUT2D eigenvalue weighted by molar-refractivity contribution is 6.31. The largest absolute Gasteiger partial charge is 0.497 e. The van der Waals surface area contributed by atoms with Crippen LogP contribution in [0.5, 0.6) is 11.5 Å². The molecule has 0 radical (unpaired) electrons. The number of carbonyl (C=O) groups excluding carboxylic acids is 1. The van der Waals surface area contributed by atoms with Crippen molar-refractivity contribution in [2.45, 2.75) is 0 Å². The Morgan fingerprint density at radius 2 is 1.85 bits per heavy atom. The van der Waals surface area contributed by atoms with Gasteiger partial charge in [-0.05, 0) is 42.5 Å². The van der Waals surface area contributed by atoms with Crippen LogP contribution in [0.1, 0.15) is 10.5 Å². The Balaban J connectivity index is 1.71. The first-order chi connectivity index (χ1) is 13.1. The van der Waals surface area contributed by atoms with E-state index in [0.29, 0.717) is 33.7 Å². The van der Waals surface area contributed by atoms with E-state index in [1.807, 2.05) is 0 Å². The molecular formula is C19H17ClN4O3. The average molecular weight is 385 g/mol. The third-order valence-corrected chi connectivity index (χ3v) is 3.88. The molecule has 27 heavy (non-hydrogen) atoms. The lowest BCUT2D eigenvalue weighted by molar-refractivity contribution is 0.102. The third-order valence-electron chi connectivity index (χ3n) is 3.65. The Morgan fingerprint density at radius 3 is 2.56 bits per heavy atom. The maximum Gasteiger partial charge on any atom is 0.276 e. The van der Waals surface area contributed by atoms with Crippen LogP contribution in [0, 0.1) is 0 Å². The van der Waals surface area contributed by atoms with Crippen LogP contribution in [-0.2, 0) is 0 Å². The minimum atomic E-state index is -0.373. The molecule has 138 valence electrons. The maximum absolute atomic E-state index is 12.3. The fourth-order valence-electron chi connectivity index (χ4n) is 2.33. The minimum absolute atomic E-state index is 0.182. The molecule has 0 aliphatic heterocycles. The topological polar surface area (TPSA) is 85.4 Å². The number of methoxy groups -OCH3 is 2. The normalized spacial score (nSPS) is 10.2. The van der Waals surface area contributed by atoms with Gasteiger partial charge in [-0.25, -0.2) is 0 Å². The van der Waals surface area contributed by atoms with Crippen molar-refractivity contribution in [2.24, 2.45) is 0 Å². The number of carbonyl (C=O) groups is 1. The van der Waals surface area contributed by atoms with E-state index in [2.05, 4.69) is 20.8 Å². The van der Waals surface area contributed by atoms with Crippen molar-refractivity contribution < 1.29 is 14.3 Å². The van der Waals surface area contributed by atoms with E-state index in [4.69, 9.17) is 21.1 Å². The number of nitrogens with zero attached hydrogens (tertiary/aromatic N) is 2. The van der Waals surface area contributed by atoms with Gasteiger partial charge in [0.05, 0.1) is 19.9 Å². The molecule has 0 saturated heterocycles. The first-order valence-corrected chi connectivity index (χ1v) is 8.36. The summed E-state index contributed by atoms with van der Waals surface area (Å²) in [6, 6.07) is 15.5. The number of amides is 1. The van der Waals surface area contributed by atoms with Crippen LogP contribution in [0.15, 0.2) is 54.6 Å². The number of aromatic nitrogens is 2. The van der Waals surface area contributed by atoms with E-state index in [9.17, 15) is 4.79 Å². The summed E-state index contributed by atoms with van der Waals surface area (Å²) in [7, 11) is 3.12. The molecule has 0 saturated carbocycles. The lowest BCUT2D eigenvalue weighted by atomic mass is 10.2. The van der Waals surface area contributed by atoms with E-state index in [1.165, 1.54) is 0 Å². The molecule has 0 bridgehead atoms. The summed E-state index contributed by atoms with van der Waals surface area (Å²) >= 11 is 6.01. The van der Waals surface area contributed by atoms with Gasteiger partial charge in [0.25, 0.3) is 5.91 Å². The highest BCUT2D eigenvalue weighted by Crippen LogP contribution is 2.29. The first kappa shape index (κ1) is 18.5. The summed E-state index contributed by atoms with van der Waals surface area (Å²) in [4.78, 5) is 12.3. The lowest BCUT2D eigenvalue weighted by Gasteiger charge is -2.11. The summed E-state index contributed by atoms with van der Waals surface area (Å²) in [5.41, 5.74) is 1.43. The Bertz CT molecular complexity index is 948. The Kier molecular flexibility index (Phi) is 5.73. The van der Waals surface area contributed by atoms with Gasteiger partial charge in [0.15, 0.2) is 11.5 Å². The van der Waals surface area contributed by atoms with E-state index >= 15 is 0 Å². The van der Waals surface area contributed by atoms with Gasteiger partial charge in [0, 0.05) is 16.8 Å². The molecule has 0 atom stereocenters. The van der Waals surface area contributed by atoms with Crippen LogP contribution in [0.25, 0.3) is 0 Å². The number of halogens is 1. The van der Waals surface area contributed by atoms with Gasteiger partial charge < -0.3 is 20.1 Å². The number of anilines is 3. The number of hydrogen-bond donors (Lipinski definition) is 2. The van der Waals surface area contributed by atoms with Crippen molar-refractivity contribution in [1.82, 2.24) is 10.2 Å². The summed E-state index contributed by atoms with van der Waals surface area (Å²) in [5.74, 6) is 1.34. The molecular weight excluding hydrogens is 368 g/mol. The monoisotopic (exact) mass is 384 g/mol. The molecule has 0 spiro atoms. The number of hydrogen-bond acceptors (Lipinski definition) is 6. The Labute approximate surface area is 161 Å². The van der Waals surface area contributed by atoms with E-state index in [1.54, 1.807) is 68.8 Å². The summed E-state index contributed by atoms with van der Waals surface area (Å²) in [6.45, 7) is 0. The third kappa shape index (κ3) is 4.65. The molecule has 8 heteroatoms. The van der Waals surface area contributed by atoms with Gasteiger partial charge in [0.1, 0.15) is 11.5 Å². The molecule has 1 amide bonds. The SMILES string of the molecule is COc1cccc(NC(=O)c2ccc(Nc3cc(Cl)ccc3OC)nn2)c1. The Hall–Kier alpha value is -3.32. The van der Waals surface area contributed by atoms with Crippen LogP contribution in [0.2, 0.25) is 5.02 Å². The first-order valence-electron chi connectivity index (χ1n) is 7.99. The number of benzene rings is 2. The van der Waals surface area contributed by atoms with Crippen molar-refractivity contribution in [2.75, 3.05) is 24.9 Å². The fraction of sp³-hybridized carbons (Fsp3) is 0.105. The van der Waals surface area contributed by atoms with E-state index in [-0.39, 0.29) is 11.6 Å². The summed E-state index contributed by atoms with van der Waals surface area (Å²) in [6.07, 6.45) is 0. The van der Waals surface area contributed by atoms with Crippen molar-refractivity contribution in [3.05, 3.63) is 65.3 Å². The van der Waals surface area contributed by atoms with Crippen molar-refractivity contribution in [3.8, 4) is 11.5 Å². The molecule has 0 aliphatic carbocycles. The summed E-state index contributed by atoms with van der Waals surface area (Å²) < 4.78 is 10.4. The maximum atomic E-state index is 12.3. The molecule has 1 aromatic heterocycles. The molecule has 1 heterocycles. The van der Waals surface area contributed by atoms with Crippen LogP contribution in [0.3, 0.4) is 0 Å². The molecule has 0 aliphatic rings. The zero-order chi connectivity index (χ0) is 19.2. The molecule has 7 nitrogen and oxygen atoms in total. The van der Waals surface area contributed by atoms with Gasteiger partial charge in [-0.1, -0.05) is 17.7 Å². The Morgan fingerprint density at radius 1 is 1.00 bits per heavy atom. The standard InChI is InChI=1S/C19H17ClN4O3/c1-26-14-5-3-4-13(11-14)21-19(25)15-7-9-18(24-23-15)22-16-10-12(20)6-8-17(16)27-2/h3-11H,1-2H3,(H,21,25)(H,22,24). The second kappa shape index (κ2) is 8.37. The predicted octanol–water partition coefficient (Wildman–Crippen LogP) is 4.14. The average Bonchev–Trinajstić information content (AvgIpc) is 2.69. The number of rotatable bonds is 6. The second-order valence-electron chi connectivity index (χ2n) is 5.46. The fourth-order valence-corrected chi connectivity index (χ4v) is 2.50. The highest BCUT2D eigenvalue weighted by Gasteiger charge is 2.10. The molecule has 2 aromatic carbocycles. The zero-order valence-corrected chi connectivity index (χ0v) is 15.4. The van der Waals surface area contributed by atoms with Crippen molar-refractivity contribution in [3.63, 3.8) is 0 Å². The van der Waals surface area contributed by atoms with Gasteiger partial charge in [-0.2, -0.15) is 0 Å². The minimum Gasteiger partial charge on any atom is -0.497 e. The second-order valence-corrected chi connectivity index (χ2v) is 5.90. The van der Waals surface area contributed by atoms with Gasteiger partial charge in [0.2, 0.25) is 0 Å². The van der Waals surface area contributed by atoms with E-state index < -0.39 is 0 Å². The number of ether oxygens (including phenoxy) is 2.